The molecule has 4 heteroatoms. The third kappa shape index (κ3) is 4.86. The number of hydrogen-bond acceptors (Lipinski definition) is 2. The van der Waals surface area contributed by atoms with Crippen LogP contribution < -0.4 is 5.73 Å². The van der Waals surface area contributed by atoms with Gasteiger partial charge in [0, 0.05) is 0 Å². The van der Waals surface area contributed by atoms with E-state index in [2.05, 4.69) is 11.9 Å². The lowest BCUT2D eigenvalue weighted by molar-refractivity contribution is 0.223. The Morgan fingerprint density at radius 2 is 1.73 bits per heavy atom. The van der Waals surface area contributed by atoms with Crippen LogP contribution in [0.25, 0.3) is 0 Å². The first kappa shape index (κ1) is 14.0. The van der Waals surface area contributed by atoms with E-state index < -0.39 is 0 Å². The van der Waals surface area contributed by atoms with Crippen LogP contribution in [0, 0.1) is 5.92 Å². The second kappa shape index (κ2) is 7.17. The summed E-state index contributed by atoms with van der Waals surface area (Å²) < 4.78 is 0. The molecule has 0 amide bonds. The maximum Gasteiger partial charge on any atom is -0.00187 e. The standard InChI is InChI=1S/C7H16N2.2ClH/c1-9-4-2-7(6-8)3-5-9;;/h7H,2-6,8H2,1H3;2*1H. The Balaban J connectivity index is 0. The summed E-state index contributed by atoms with van der Waals surface area (Å²) in [4.78, 5) is 2.37. The fourth-order valence-corrected chi connectivity index (χ4v) is 1.30. The van der Waals surface area contributed by atoms with Gasteiger partial charge >= 0.3 is 0 Å². The van der Waals surface area contributed by atoms with Crippen molar-refractivity contribution in [2.75, 3.05) is 26.7 Å². The topological polar surface area (TPSA) is 29.3 Å². The summed E-state index contributed by atoms with van der Waals surface area (Å²) in [6.45, 7) is 3.36. The number of nitrogens with two attached hydrogens (primary N) is 1. The molecule has 0 saturated carbocycles. The highest BCUT2D eigenvalue weighted by Crippen LogP contribution is 2.13. The minimum absolute atomic E-state index is 0. The van der Waals surface area contributed by atoms with Gasteiger partial charge in [0.25, 0.3) is 0 Å². The molecule has 1 aliphatic rings. The van der Waals surface area contributed by atoms with Gasteiger partial charge in [-0.25, -0.2) is 0 Å². The van der Waals surface area contributed by atoms with Crippen LogP contribution in [0.3, 0.4) is 0 Å². The number of nitrogens with zero attached hydrogens (tertiary/aromatic N) is 1. The van der Waals surface area contributed by atoms with Crippen molar-refractivity contribution in [3.05, 3.63) is 0 Å². The van der Waals surface area contributed by atoms with E-state index in [0.717, 1.165) is 12.5 Å². The number of rotatable bonds is 1. The van der Waals surface area contributed by atoms with Crippen LogP contribution in [0.2, 0.25) is 0 Å². The van der Waals surface area contributed by atoms with Crippen LogP contribution in [-0.4, -0.2) is 31.6 Å². The van der Waals surface area contributed by atoms with Gasteiger partial charge in [-0.05, 0) is 45.4 Å². The lowest BCUT2D eigenvalue weighted by atomic mass is 9.98. The fourth-order valence-electron chi connectivity index (χ4n) is 1.30. The van der Waals surface area contributed by atoms with Crippen LogP contribution in [0.1, 0.15) is 12.8 Å². The monoisotopic (exact) mass is 200 g/mol. The summed E-state index contributed by atoms with van der Waals surface area (Å²) in [5, 5.41) is 0. The highest BCUT2D eigenvalue weighted by molar-refractivity contribution is 5.85. The van der Waals surface area contributed by atoms with Gasteiger partial charge in [-0.15, -0.1) is 24.8 Å². The third-order valence-corrected chi connectivity index (χ3v) is 2.17. The Kier molecular flexibility index (Phi) is 9.15. The molecule has 0 atom stereocenters. The van der Waals surface area contributed by atoms with E-state index >= 15 is 0 Å². The third-order valence-electron chi connectivity index (χ3n) is 2.17. The van der Waals surface area contributed by atoms with Gasteiger partial charge in [0.2, 0.25) is 0 Å². The SMILES string of the molecule is CN1CCC(CN)CC1.Cl.Cl. The largest absolute Gasteiger partial charge is 0.330 e. The Bertz CT molecular complexity index is 82.5. The first-order valence-corrected chi connectivity index (χ1v) is 3.71. The zero-order valence-corrected chi connectivity index (χ0v) is 8.59. The van der Waals surface area contributed by atoms with Crippen molar-refractivity contribution in [3.63, 3.8) is 0 Å². The van der Waals surface area contributed by atoms with E-state index in [-0.39, 0.29) is 24.8 Å². The first-order valence-electron chi connectivity index (χ1n) is 3.71. The van der Waals surface area contributed by atoms with E-state index in [1.165, 1.54) is 25.9 Å². The van der Waals surface area contributed by atoms with Gasteiger partial charge < -0.3 is 10.6 Å². The van der Waals surface area contributed by atoms with Crippen molar-refractivity contribution >= 4 is 24.8 Å². The lowest BCUT2D eigenvalue weighted by Crippen LogP contribution is -2.33. The fraction of sp³-hybridized carbons (Fsp3) is 1.00. The molecule has 0 radical (unpaired) electrons. The van der Waals surface area contributed by atoms with Gasteiger partial charge in [-0.2, -0.15) is 0 Å². The Morgan fingerprint density at radius 3 is 2.09 bits per heavy atom. The van der Waals surface area contributed by atoms with E-state index in [1.807, 2.05) is 0 Å². The van der Waals surface area contributed by atoms with Crippen molar-refractivity contribution in [3.8, 4) is 0 Å². The minimum atomic E-state index is 0. The molecule has 1 rings (SSSR count). The predicted octanol–water partition coefficient (Wildman–Crippen LogP) is 1.13. The van der Waals surface area contributed by atoms with Crippen LogP contribution in [0.15, 0.2) is 0 Å². The van der Waals surface area contributed by atoms with E-state index in [9.17, 15) is 0 Å². The molecule has 1 saturated heterocycles. The molecule has 70 valence electrons. The second-order valence-electron chi connectivity index (χ2n) is 2.98. The Labute approximate surface area is 81.3 Å². The van der Waals surface area contributed by atoms with Gasteiger partial charge in [-0.3, -0.25) is 0 Å². The molecule has 0 unspecified atom stereocenters. The zero-order chi connectivity index (χ0) is 6.69. The minimum Gasteiger partial charge on any atom is -0.330 e. The zero-order valence-electron chi connectivity index (χ0n) is 6.95. The quantitative estimate of drug-likeness (QED) is 0.689. The van der Waals surface area contributed by atoms with Crippen LogP contribution in [-0.2, 0) is 0 Å². The molecule has 1 fully saturated rings. The number of piperidine rings is 1. The van der Waals surface area contributed by atoms with Crippen LogP contribution in [0.5, 0.6) is 0 Å². The molecular weight excluding hydrogens is 183 g/mol. The summed E-state index contributed by atoms with van der Waals surface area (Å²) in [5.41, 5.74) is 5.53. The predicted molar refractivity (Wildman–Crippen MR) is 53.8 cm³/mol. The highest BCUT2D eigenvalue weighted by atomic mass is 35.5. The van der Waals surface area contributed by atoms with Gasteiger partial charge in [-0.1, -0.05) is 0 Å². The molecule has 1 heterocycles. The molecular formula is C7H18Cl2N2. The molecule has 0 aliphatic carbocycles. The summed E-state index contributed by atoms with van der Waals surface area (Å²) >= 11 is 0. The van der Waals surface area contributed by atoms with Crippen molar-refractivity contribution in [1.82, 2.24) is 4.90 Å². The summed E-state index contributed by atoms with van der Waals surface area (Å²) in [7, 11) is 2.17. The van der Waals surface area contributed by atoms with Crippen molar-refractivity contribution in [2.24, 2.45) is 11.7 Å². The first-order chi connectivity index (χ1) is 4.33. The van der Waals surface area contributed by atoms with Crippen molar-refractivity contribution in [2.45, 2.75) is 12.8 Å². The van der Waals surface area contributed by atoms with Gasteiger partial charge in [0.15, 0.2) is 0 Å². The molecule has 0 aromatic carbocycles. The summed E-state index contributed by atoms with van der Waals surface area (Å²) in [6, 6.07) is 0. The van der Waals surface area contributed by atoms with Crippen molar-refractivity contribution < 1.29 is 0 Å². The summed E-state index contributed by atoms with van der Waals surface area (Å²) in [5.74, 6) is 0.807. The summed E-state index contributed by atoms with van der Waals surface area (Å²) in [6.07, 6.45) is 2.60. The normalized spacial score (nSPS) is 20.2. The van der Waals surface area contributed by atoms with Crippen molar-refractivity contribution in [1.29, 1.82) is 0 Å². The van der Waals surface area contributed by atoms with Gasteiger partial charge in [0.1, 0.15) is 0 Å². The number of halogens is 2. The molecule has 11 heavy (non-hydrogen) atoms. The van der Waals surface area contributed by atoms with Crippen LogP contribution >= 0.6 is 24.8 Å². The Morgan fingerprint density at radius 1 is 1.27 bits per heavy atom. The second-order valence-corrected chi connectivity index (χ2v) is 2.98. The maximum atomic E-state index is 5.53. The average molecular weight is 201 g/mol. The maximum absolute atomic E-state index is 5.53. The lowest BCUT2D eigenvalue weighted by Gasteiger charge is -2.27. The molecule has 0 aromatic rings. The molecule has 2 N–H and O–H groups in total. The number of hydrogen-bond donors (Lipinski definition) is 1. The molecule has 0 spiro atoms. The van der Waals surface area contributed by atoms with E-state index in [4.69, 9.17) is 5.73 Å². The molecule has 2 nitrogen and oxygen atoms in total. The van der Waals surface area contributed by atoms with E-state index in [1.54, 1.807) is 0 Å². The van der Waals surface area contributed by atoms with Gasteiger partial charge in [0.05, 0.1) is 0 Å². The molecule has 1 aliphatic heterocycles. The highest BCUT2D eigenvalue weighted by Gasteiger charge is 2.13. The molecule has 0 bridgehead atoms. The molecule has 0 aromatic heterocycles. The van der Waals surface area contributed by atoms with Crippen LogP contribution in [0.4, 0.5) is 0 Å². The average Bonchev–Trinajstić information content (AvgIpc) is 1.90. The Hall–Kier alpha value is 0.500. The smallest absolute Gasteiger partial charge is 0.00187 e. The van der Waals surface area contributed by atoms with E-state index in [0.29, 0.717) is 0 Å². The number of likely N-dealkylation sites (tertiary alicyclic amines) is 1.